The van der Waals surface area contributed by atoms with Crippen molar-refractivity contribution in [3.63, 3.8) is 0 Å². The molecule has 2 amide bonds. The predicted octanol–water partition coefficient (Wildman–Crippen LogP) is 3.69. The Morgan fingerprint density at radius 1 is 1.08 bits per heavy atom. The van der Waals surface area contributed by atoms with Gasteiger partial charge in [0.1, 0.15) is 23.2 Å². The van der Waals surface area contributed by atoms with Crippen LogP contribution in [0.15, 0.2) is 42.5 Å². The minimum Gasteiger partial charge on any atom is -0.350 e. The van der Waals surface area contributed by atoms with Crippen LogP contribution in [0.3, 0.4) is 0 Å². The van der Waals surface area contributed by atoms with E-state index in [0.29, 0.717) is 5.02 Å². The quantitative estimate of drug-likeness (QED) is 0.803. The van der Waals surface area contributed by atoms with E-state index < -0.39 is 35.1 Å². The predicted molar refractivity (Wildman–Crippen MR) is 95.7 cm³/mol. The number of carbonyl (C=O) groups excluding carboxylic acids is 2. The smallest absolute Gasteiger partial charge is 0.257 e. The van der Waals surface area contributed by atoms with E-state index in [0.717, 1.165) is 17.7 Å². The zero-order chi connectivity index (χ0) is 19.3. The van der Waals surface area contributed by atoms with Gasteiger partial charge in [-0.3, -0.25) is 9.59 Å². The highest BCUT2D eigenvalue weighted by atomic mass is 35.5. The highest BCUT2D eigenvalue weighted by Crippen LogP contribution is 2.14. The summed E-state index contributed by atoms with van der Waals surface area (Å²) >= 11 is 5.90. The average Bonchev–Trinajstić information content (AvgIpc) is 2.57. The minimum atomic E-state index is -0.982. The molecule has 0 heterocycles. The number of amides is 2. The number of nitrogens with one attached hydrogen (secondary N) is 2. The second-order valence-electron chi connectivity index (χ2n) is 6.14. The Labute approximate surface area is 155 Å². The van der Waals surface area contributed by atoms with Crippen molar-refractivity contribution in [2.75, 3.05) is 0 Å². The molecule has 0 bridgehead atoms. The lowest BCUT2D eigenvalue weighted by molar-refractivity contribution is -0.124. The highest BCUT2D eigenvalue weighted by Gasteiger charge is 2.27. The second-order valence-corrected chi connectivity index (χ2v) is 6.58. The summed E-state index contributed by atoms with van der Waals surface area (Å²) in [6, 6.07) is 9.17. The van der Waals surface area contributed by atoms with Crippen molar-refractivity contribution in [1.82, 2.24) is 10.6 Å². The summed E-state index contributed by atoms with van der Waals surface area (Å²) in [4.78, 5) is 24.7. The largest absolute Gasteiger partial charge is 0.350 e. The monoisotopic (exact) mass is 380 g/mol. The van der Waals surface area contributed by atoms with Crippen LogP contribution >= 0.6 is 11.6 Å². The Hall–Kier alpha value is -2.47. The van der Waals surface area contributed by atoms with Crippen molar-refractivity contribution in [2.45, 2.75) is 26.4 Å². The summed E-state index contributed by atoms with van der Waals surface area (Å²) in [5, 5.41) is 5.64. The molecule has 0 spiro atoms. The Morgan fingerprint density at radius 2 is 1.69 bits per heavy atom. The number of rotatable bonds is 6. The third-order valence-corrected chi connectivity index (χ3v) is 4.02. The fourth-order valence-electron chi connectivity index (χ4n) is 2.41. The van der Waals surface area contributed by atoms with E-state index in [2.05, 4.69) is 10.6 Å². The third kappa shape index (κ3) is 5.02. The molecule has 0 saturated heterocycles. The molecular formula is C19H19ClF2N2O2. The fraction of sp³-hybridized carbons (Fsp3) is 0.263. The van der Waals surface area contributed by atoms with Gasteiger partial charge in [-0.05, 0) is 35.7 Å². The van der Waals surface area contributed by atoms with Gasteiger partial charge in [-0.25, -0.2) is 8.78 Å². The molecule has 0 radical (unpaired) electrons. The van der Waals surface area contributed by atoms with E-state index in [-0.39, 0.29) is 12.5 Å². The van der Waals surface area contributed by atoms with Crippen molar-refractivity contribution >= 4 is 23.4 Å². The maximum absolute atomic E-state index is 13.7. The molecule has 2 aromatic rings. The van der Waals surface area contributed by atoms with Crippen molar-refractivity contribution in [2.24, 2.45) is 5.92 Å². The molecule has 0 saturated carbocycles. The molecule has 1 atom stereocenters. The molecule has 0 fully saturated rings. The topological polar surface area (TPSA) is 58.2 Å². The number of hydrogen-bond donors (Lipinski definition) is 2. The molecule has 2 aromatic carbocycles. The van der Waals surface area contributed by atoms with Crippen LogP contribution in [0.1, 0.15) is 29.8 Å². The zero-order valence-corrected chi connectivity index (χ0v) is 15.1. The SMILES string of the molecule is CC(C)C(NC(=O)c1c(F)cccc1F)C(=O)NCc1cccc(Cl)c1. The number of hydrogen-bond acceptors (Lipinski definition) is 2. The lowest BCUT2D eigenvalue weighted by atomic mass is 10.0. The van der Waals surface area contributed by atoms with E-state index in [9.17, 15) is 18.4 Å². The lowest BCUT2D eigenvalue weighted by Crippen LogP contribution is -2.49. The van der Waals surface area contributed by atoms with Crippen molar-refractivity contribution in [3.05, 3.63) is 70.2 Å². The molecule has 0 aliphatic heterocycles. The van der Waals surface area contributed by atoms with Crippen molar-refractivity contribution in [3.8, 4) is 0 Å². The first-order valence-electron chi connectivity index (χ1n) is 8.06. The molecule has 0 aromatic heterocycles. The summed E-state index contributed by atoms with van der Waals surface area (Å²) < 4.78 is 27.5. The molecule has 26 heavy (non-hydrogen) atoms. The molecule has 0 aliphatic rings. The lowest BCUT2D eigenvalue weighted by Gasteiger charge is -2.22. The molecule has 0 aliphatic carbocycles. The Balaban J connectivity index is 2.08. The van der Waals surface area contributed by atoms with Crippen LogP contribution in [0.4, 0.5) is 8.78 Å². The van der Waals surface area contributed by atoms with E-state index in [1.165, 1.54) is 6.07 Å². The summed E-state index contributed by atoms with van der Waals surface area (Å²) in [6.45, 7) is 3.66. The Bertz CT molecular complexity index is 792. The highest BCUT2D eigenvalue weighted by molar-refractivity contribution is 6.30. The Morgan fingerprint density at radius 3 is 2.27 bits per heavy atom. The van der Waals surface area contributed by atoms with E-state index >= 15 is 0 Å². The maximum atomic E-state index is 13.7. The van der Waals surface area contributed by atoms with Crippen LogP contribution in [-0.2, 0) is 11.3 Å². The molecular weight excluding hydrogens is 362 g/mol. The van der Waals surface area contributed by atoms with Gasteiger partial charge in [0.2, 0.25) is 5.91 Å². The summed E-state index contributed by atoms with van der Waals surface area (Å²) in [5.41, 5.74) is 0.0839. The van der Waals surface area contributed by atoms with Crippen LogP contribution in [0.5, 0.6) is 0 Å². The van der Waals surface area contributed by atoms with Gasteiger partial charge in [0.15, 0.2) is 0 Å². The van der Waals surface area contributed by atoms with Crippen molar-refractivity contribution in [1.29, 1.82) is 0 Å². The van der Waals surface area contributed by atoms with Crippen LogP contribution < -0.4 is 10.6 Å². The Kier molecular flexibility index (Phi) is 6.69. The molecule has 4 nitrogen and oxygen atoms in total. The molecule has 138 valence electrons. The minimum absolute atomic E-state index is 0.215. The molecule has 2 rings (SSSR count). The van der Waals surface area contributed by atoms with Gasteiger partial charge < -0.3 is 10.6 Å². The maximum Gasteiger partial charge on any atom is 0.257 e. The van der Waals surface area contributed by atoms with Gasteiger partial charge in [-0.1, -0.05) is 43.6 Å². The van der Waals surface area contributed by atoms with Crippen LogP contribution in [0.25, 0.3) is 0 Å². The van der Waals surface area contributed by atoms with E-state index in [1.54, 1.807) is 38.1 Å². The van der Waals surface area contributed by atoms with Gasteiger partial charge in [0, 0.05) is 11.6 Å². The van der Waals surface area contributed by atoms with E-state index in [4.69, 9.17) is 11.6 Å². The zero-order valence-electron chi connectivity index (χ0n) is 14.4. The van der Waals surface area contributed by atoms with Crippen LogP contribution in [0, 0.1) is 17.6 Å². The first kappa shape index (κ1) is 19.8. The van der Waals surface area contributed by atoms with Gasteiger partial charge in [-0.15, -0.1) is 0 Å². The van der Waals surface area contributed by atoms with Crippen molar-refractivity contribution < 1.29 is 18.4 Å². The standard InChI is InChI=1S/C19H19ClF2N2O2/c1-11(2)17(19(26)23-10-12-5-3-6-13(20)9-12)24-18(25)16-14(21)7-4-8-15(16)22/h3-9,11,17H,10H2,1-2H3,(H,23,26)(H,24,25). The van der Waals surface area contributed by atoms with Gasteiger partial charge in [0.25, 0.3) is 5.91 Å². The number of carbonyl (C=O) groups is 2. The summed E-state index contributed by atoms with van der Waals surface area (Å²) in [5.74, 6) is -3.68. The van der Waals surface area contributed by atoms with Gasteiger partial charge in [-0.2, -0.15) is 0 Å². The van der Waals surface area contributed by atoms with E-state index in [1.807, 2.05) is 0 Å². The second kappa shape index (κ2) is 8.76. The fourth-order valence-corrected chi connectivity index (χ4v) is 2.62. The first-order chi connectivity index (χ1) is 12.3. The molecule has 7 heteroatoms. The third-order valence-electron chi connectivity index (χ3n) is 3.78. The van der Waals surface area contributed by atoms with Gasteiger partial charge in [0.05, 0.1) is 0 Å². The first-order valence-corrected chi connectivity index (χ1v) is 8.44. The normalized spacial score (nSPS) is 11.9. The summed E-state index contributed by atoms with van der Waals surface area (Å²) in [7, 11) is 0. The van der Waals surface area contributed by atoms with Crippen LogP contribution in [0.2, 0.25) is 5.02 Å². The number of benzene rings is 2. The molecule has 2 N–H and O–H groups in total. The van der Waals surface area contributed by atoms with Gasteiger partial charge >= 0.3 is 0 Å². The number of halogens is 3. The van der Waals surface area contributed by atoms with Crippen LogP contribution in [-0.4, -0.2) is 17.9 Å². The average molecular weight is 381 g/mol. The summed E-state index contributed by atoms with van der Waals surface area (Å²) in [6.07, 6.45) is 0. The molecule has 1 unspecified atom stereocenters.